The van der Waals surface area contributed by atoms with E-state index in [1.807, 2.05) is 0 Å². The van der Waals surface area contributed by atoms with Gasteiger partial charge in [0.2, 0.25) is 0 Å². The number of hydrogen-bond acceptors (Lipinski definition) is 1. The zero-order chi connectivity index (χ0) is 23.4. The first-order valence-corrected chi connectivity index (χ1v) is 12.7. The van der Waals surface area contributed by atoms with Crippen LogP contribution in [0.15, 0.2) is 121 Å². The smallest absolute Gasteiger partial charge is 0.0366 e. The second-order valence-electron chi connectivity index (χ2n) is 9.45. The maximum Gasteiger partial charge on any atom is 0.0366 e. The second-order valence-corrected chi connectivity index (χ2v) is 9.45. The van der Waals surface area contributed by atoms with Crippen molar-refractivity contribution >= 4 is 5.69 Å². The number of nitrogens with zero attached hydrogens (tertiary/aromatic N) is 1. The van der Waals surface area contributed by atoms with Gasteiger partial charge in [0.15, 0.2) is 0 Å². The Morgan fingerprint density at radius 1 is 0.500 bits per heavy atom. The largest absolute Gasteiger partial charge is 0.372 e. The number of para-hydroxylation sites is 1. The fourth-order valence-electron chi connectivity index (χ4n) is 4.98. The lowest BCUT2D eigenvalue weighted by Gasteiger charge is -2.32. The molecule has 174 valence electrons. The summed E-state index contributed by atoms with van der Waals surface area (Å²) in [6, 6.07) is 44.3. The third kappa shape index (κ3) is 7.35. The molecule has 0 heterocycles. The molecule has 1 atom stereocenters. The van der Waals surface area contributed by atoms with Gasteiger partial charge >= 0.3 is 0 Å². The van der Waals surface area contributed by atoms with Crippen molar-refractivity contribution in [3.05, 3.63) is 138 Å². The van der Waals surface area contributed by atoms with E-state index in [9.17, 15) is 0 Å². The van der Waals surface area contributed by atoms with Gasteiger partial charge in [0.05, 0.1) is 0 Å². The Kier molecular flexibility index (Phi) is 8.97. The van der Waals surface area contributed by atoms with Gasteiger partial charge in [-0.1, -0.05) is 109 Å². The lowest BCUT2D eigenvalue weighted by atomic mass is 9.86. The van der Waals surface area contributed by atoms with Crippen molar-refractivity contribution in [2.45, 2.75) is 44.6 Å². The molecule has 0 fully saturated rings. The van der Waals surface area contributed by atoms with Crippen molar-refractivity contribution in [2.75, 3.05) is 11.9 Å². The standard InChI is InChI=1S/C33H37N/c1-34(32-20-12-5-13-21-32)33(24-22-28-14-6-2-7-15-28)25-23-31(26-29-16-8-3-9-17-29)27-30-18-10-4-11-19-30/h2-21,31,33H,22-27H2,1H3. The van der Waals surface area contributed by atoms with Crippen LogP contribution >= 0.6 is 0 Å². The van der Waals surface area contributed by atoms with Crippen LogP contribution in [-0.4, -0.2) is 13.1 Å². The summed E-state index contributed by atoms with van der Waals surface area (Å²) >= 11 is 0. The molecule has 0 aromatic heterocycles. The molecule has 0 saturated heterocycles. The van der Waals surface area contributed by atoms with E-state index in [0.717, 1.165) is 19.3 Å². The van der Waals surface area contributed by atoms with Crippen LogP contribution < -0.4 is 4.90 Å². The molecule has 0 aliphatic carbocycles. The maximum atomic E-state index is 2.50. The predicted octanol–water partition coefficient (Wildman–Crippen LogP) is 8.01. The molecule has 0 amide bonds. The fraction of sp³-hybridized carbons (Fsp3) is 0.273. The number of benzene rings is 4. The summed E-state index contributed by atoms with van der Waals surface area (Å²) < 4.78 is 0. The topological polar surface area (TPSA) is 3.24 Å². The molecule has 4 rings (SSSR count). The van der Waals surface area contributed by atoms with Crippen LogP contribution in [0.25, 0.3) is 0 Å². The minimum Gasteiger partial charge on any atom is -0.372 e. The van der Waals surface area contributed by atoms with E-state index in [4.69, 9.17) is 0 Å². The van der Waals surface area contributed by atoms with Crippen molar-refractivity contribution in [3.63, 3.8) is 0 Å². The molecule has 1 unspecified atom stereocenters. The van der Waals surface area contributed by atoms with E-state index in [1.165, 1.54) is 41.6 Å². The highest BCUT2D eigenvalue weighted by Crippen LogP contribution is 2.26. The van der Waals surface area contributed by atoms with Gasteiger partial charge in [-0.3, -0.25) is 0 Å². The van der Waals surface area contributed by atoms with E-state index in [1.54, 1.807) is 0 Å². The highest BCUT2D eigenvalue weighted by atomic mass is 15.1. The van der Waals surface area contributed by atoms with E-state index in [-0.39, 0.29) is 0 Å². The van der Waals surface area contributed by atoms with Gasteiger partial charge in [-0.2, -0.15) is 0 Å². The highest BCUT2D eigenvalue weighted by molar-refractivity contribution is 5.46. The van der Waals surface area contributed by atoms with Crippen LogP contribution in [0.1, 0.15) is 36.0 Å². The average molecular weight is 448 g/mol. The van der Waals surface area contributed by atoms with Gasteiger partial charge < -0.3 is 4.90 Å². The van der Waals surface area contributed by atoms with Gasteiger partial charge in [0.1, 0.15) is 0 Å². The minimum atomic E-state index is 0.511. The second kappa shape index (κ2) is 12.8. The Labute approximate surface area is 206 Å². The summed E-state index contributed by atoms with van der Waals surface area (Å²) in [7, 11) is 2.27. The molecule has 4 aromatic carbocycles. The summed E-state index contributed by atoms with van der Waals surface area (Å²) in [4.78, 5) is 2.50. The Morgan fingerprint density at radius 3 is 1.44 bits per heavy atom. The molecule has 0 radical (unpaired) electrons. The normalized spacial score (nSPS) is 11.9. The summed E-state index contributed by atoms with van der Waals surface area (Å²) in [6.45, 7) is 0. The Hall–Kier alpha value is -3.32. The quantitative estimate of drug-likeness (QED) is 0.213. The molecule has 0 N–H and O–H groups in total. The van der Waals surface area contributed by atoms with Crippen LogP contribution in [0.4, 0.5) is 5.69 Å². The van der Waals surface area contributed by atoms with Gasteiger partial charge in [-0.15, -0.1) is 0 Å². The van der Waals surface area contributed by atoms with Crippen LogP contribution in [-0.2, 0) is 19.3 Å². The third-order valence-corrected chi connectivity index (χ3v) is 6.96. The molecule has 0 saturated carbocycles. The summed E-state index contributed by atoms with van der Waals surface area (Å²) in [5, 5.41) is 0. The molecule has 0 aliphatic rings. The lowest BCUT2D eigenvalue weighted by Crippen LogP contribution is -2.33. The van der Waals surface area contributed by atoms with E-state index in [2.05, 4.69) is 133 Å². The van der Waals surface area contributed by atoms with E-state index >= 15 is 0 Å². The zero-order valence-electron chi connectivity index (χ0n) is 20.4. The number of hydrogen-bond donors (Lipinski definition) is 0. The predicted molar refractivity (Wildman–Crippen MR) is 146 cm³/mol. The zero-order valence-corrected chi connectivity index (χ0v) is 20.4. The van der Waals surface area contributed by atoms with E-state index in [0.29, 0.717) is 12.0 Å². The van der Waals surface area contributed by atoms with Crippen LogP contribution in [0.3, 0.4) is 0 Å². The van der Waals surface area contributed by atoms with E-state index < -0.39 is 0 Å². The van der Waals surface area contributed by atoms with Crippen molar-refractivity contribution in [2.24, 2.45) is 5.92 Å². The average Bonchev–Trinajstić information content (AvgIpc) is 2.90. The van der Waals surface area contributed by atoms with Crippen molar-refractivity contribution in [1.29, 1.82) is 0 Å². The van der Waals surface area contributed by atoms with Crippen molar-refractivity contribution in [3.8, 4) is 0 Å². The molecule has 1 nitrogen and oxygen atoms in total. The molecule has 0 bridgehead atoms. The number of rotatable bonds is 12. The minimum absolute atomic E-state index is 0.511. The Morgan fingerprint density at radius 2 is 0.941 bits per heavy atom. The summed E-state index contributed by atoms with van der Waals surface area (Å²) in [5.41, 5.74) is 5.63. The molecule has 0 aliphatic heterocycles. The van der Waals surface area contributed by atoms with Gasteiger partial charge in [-0.05, 0) is 73.3 Å². The first-order valence-electron chi connectivity index (χ1n) is 12.7. The fourth-order valence-corrected chi connectivity index (χ4v) is 4.98. The van der Waals surface area contributed by atoms with Gasteiger partial charge in [0, 0.05) is 18.8 Å². The summed E-state index contributed by atoms with van der Waals surface area (Å²) in [6.07, 6.45) is 6.97. The lowest BCUT2D eigenvalue weighted by molar-refractivity contribution is 0.417. The summed E-state index contributed by atoms with van der Waals surface area (Å²) in [5.74, 6) is 0.633. The van der Waals surface area contributed by atoms with Gasteiger partial charge in [0.25, 0.3) is 0 Å². The molecule has 0 spiro atoms. The molecule has 1 heteroatoms. The van der Waals surface area contributed by atoms with Crippen LogP contribution in [0.2, 0.25) is 0 Å². The number of aryl methyl sites for hydroxylation is 1. The highest BCUT2D eigenvalue weighted by Gasteiger charge is 2.19. The van der Waals surface area contributed by atoms with Crippen molar-refractivity contribution < 1.29 is 0 Å². The maximum absolute atomic E-state index is 2.50. The van der Waals surface area contributed by atoms with Crippen LogP contribution in [0, 0.1) is 5.92 Å². The third-order valence-electron chi connectivity index (χ3n) is 6.96. The first-order chi connectivity index (χ1) is 16.8. The monoisotopic (exact) mass is 447 g/mol. The first kappa shape index (κ1) is 23.8. The van der Waals surface area contributed by atoms with Crippen LogP contribution in [0.5, 0.6) is 0 Å². The molecule has 34 heavy (non-hydrogen) atoms. The van der Waals surface area contributed by atoms with Crippen molar-refractivity contribution in [1.82, 2.24) is 0 Å². The SMILES string of the molecule is CN(c1ccccc1)C(CCc1ccccc1)CCC(Cc1ccccc1)Cc1ccccc1. The Balaban J connectivity index is 1.48. The molecular weight excluding hydrogens is 410 g/mol. The molecular formula is C33H37N. The van der Waals surface area contributed by atoms with Gasteiger partial charge in [-0.25, -0.2) is 0 Å². The number of anilines is 1. The molecule has 4 aromatic rings. The Bertz CT molecular complexity index is 1020.